The van der Waals surface area contributed by atoms with E-state index in [0.717, 1.165) is 24.8 Å². The van der Waals surface area contributed by atoms with Crippen molar-refractivity contribution in [3.63, 3.8) is 0 Å². The molecule has 2 amide bonds. The predicted octanol–water partition coefficient (Wildman–Crippen LogP) is 2.29. The number of piperidine rings is 1. The summed E-state index contributed by atoms with van der Waals surface area (Å²) in [5, 5.41) is 6.49. The van der Waals surface area contributed by atoms with Crippen molar-refractivity contribution < 1.29 is 14.1 Å². The molecule has 0 unspecified atom stereocenters. The van der Waals surface area contributed by atoms with Gasteiger partial charge in [0.1, 0.15) is 0 Å². The van der Waals surface area contributed by atoms with E-state index in [2.05, 4.69) is 15.5 Å². The minimum absolute atomic E-state index is 0.0184. The Hall–Kier alpha value is -2.70. The summed E-state index contributed by atoms with van der Waals surface area (Å²) in [5.74, 6) is -0.0494. The lowest BCUT2D eigenvalue weighted by molar-refractivity contribution is -0.144. The highest BCUT2D eigenvalue weighted by molar-refractivity contribution is 6.39. The second-order valence-corrected chi connectivity index (χ2v) is 6.28. The lowest BCUT2D eigenvalue weighted by Gasteiger charge is -2.30. The van der Waals surface area contributed by atoms with Crippen molar-refractivity contribution in [2.75, 3.05) is 18.4 Å². The first-order valence-electron chi connectivity index (χ1n) is 8.56. The Kier molecular flexibility index (Phi) is 5.11. The Bertz CT molecular complexity index is 771. The third-order valence-corrected chi connectivity index (χ3v) is 4.39. The lowest BCUT2D eigenvalue weighted by atomic mass is 9.98. The molecule has 1 aromatic carbocycles. The Morgan fingerprint density at radius 1 is 1.40 bits per heavy atom. The Morgan fingerprint density at radius 2 is 2.24 bits per heavy atom. The van der Waals surface area contributed by atoms with E-state index in [0.29, 0.717) is 30.5 Å². The summed E-state index contributed by atoms with van der Waals surface area (Å²) in [6.45, 7) is 4.78. The van der Waals surface area contributed by atoms with Crippen LogP contribution in [0.2, 0.25) is 0 Å². The number of hydrogen-bond donors (Lipinski definition) is 1. The van der Waals surface area contributed by atoms with Gasteiger partial charge in [0, 0.05) is 18.8 Å². The maximum Gasteiger partial charge on any atom is 0.313 e. The monoisotopic (exact) mass is 342 g/mol. The van der Waals surface area contributed by atoms with Crippen LogP contribution in [0.5, 0.6) is 0 Å². The number of carbonyl (C=O) groups excluding carboxylic acids is 2. The molecule has 1 N–H and O–H groups in total. The number of hydrogen-bond acceptors (Lipinski definition) is 5. The summed E-state index contributed by atoms with van der Waals surface area (Å²) in [6, 6.07) is 7.52. The smallest absolute Gasteiger partial charge is 0.313 e. The summed E-state index contributed by atoms with van der Waals surface area (Å²) in [6.07, 6.45) is 2.54. The Morgan fingerprint density at radius 3 is 2.96 bits per heavy atom. The van der Waals surface area contributed by atoms with Crippen LogP contribution in [-0.4, -0.2) is 39.9 Å². The minimum atomic E-state index is -0.615. The number of aryl methyl sites for hydroxylation is 2. The van der Waals surface area contributed by atoms with Gasteiger partial charge in [0.05, 0.1) is 5.92 Å². The van der Waals surface area contributed by atoms with Crippen LogP contribution in [-0.2, 0) is 16.0 Å². The summed E-state index contributed by atoms with van der Waals surface area (Å²) < 4.78 is 5.21. The molecule has 0 radical (unpaired) electrons. The van der Waals surface area contributed by atoms with Crippen molar-refractivity contribution in [3.8, 4) is 0 Å². The molecule has 7 heteroatoms. The number of nitrogens with one attached hydrogen (secondary N) is 1. The van der Waals surface area contributed by atoms with E-state index in [1.54, 1.807) is 17.9 Å². The van der Waals surface area contributed by atoms with Gasteiger partial charge in [-0.3, -0.25) is 9.59 Å². The molecule has 1 atom stereocenters. The number of carbonyl (C=O) groups is 2. The third kappa shape index (κ3) is 4.04. The molecular weight excluding hydrogens is 320 g/mol. The fraction of sp³-hybridized carbons (Fsp3) is 0.444. The van der Waals surface area contributed by atoms with E-state index in [-0.39, 0.29) is 5.92 Å². The standard InChI is InChI=1S/C18H22N4O3/c1-3-13-6-4-8-15(10-13)20-16(23)18(24)22-9-5-7-14(11-22)17-19-12(2)21-25-17/h4,6,8,10,14H,3,5,7,9,11H2,1-2H3,(H,20,23)/t14-/m0/s1. The molecule has 1 aliphatic rings. The zero-order valence-electron chi connectivity index (χ0n) is 14.5. The number of rotatable bonds is 3. The second-order valence-electron chi connectivity index (χ2n) is 6.28. The maximum absolute atomic E-state index is 12.5. The van der Waals surface area contributed by atoms with E-state index < -0.39 is 11.8 Å². The van der Waals surface area contributed by atoms with Gasteiger partial charge >= 0.3 is 11.8 Å². The highest BCUT2D eigenvalue weighted by Crippen LogP contribution is 2.25. The quantitative estimate of drug-likeness (QED) is 0.865. The summed E-state index contributed by atoms with van der Waals surface area (Å²) in [7, 11) is 0. The van der Waals surface area contributed by atoms with Gasteiger partial charge < -0.3 is 14.7 Å². The van der Waals surface area contributed by atoms with Gasteiger partial charge in [0.25, 0.3) is 0 Å². The highest BCUT2D eigenvalue weighted by atomic mass is 16.5. The molecular formula is C18H22N4O3. The number of anilines is 1. The first-order chi connectivity index (χ1) is 12.1. The van der Waals surface area contributed by atoms with Crippen LogP contribution in [0.15, 0.2) is 28.8 Å². The molecule has 7 nitrogen and oxygen atoms in total. The average Bonchev–Trinajstić information content (AvgIpc) is 3.07. The van der Waals surface area contributed by atoms with E-state index in [1.807, 2.05) is 25.1 Å². The van der Waals surface area contributed by atoms with Crippen LogP contribution in [0.25, 0.3) is 0 Å². The molecule has 1 aliphatic heterocycles. The van der Waals surface area contributed by atoms with Crippen LogP contribution in [0.3, 0.4) is 0 Å². The lowest BCUT2D eigenvalue weighted by Crippen LogP contribution is -2.44. The second kappa shape index (κ2) is 7.46. The predicted molar refractivity (Wildman–Crippen MR) is 92.0 cm³/mol. The topological polar surface area (TPSA) is 88.3 Å². The van der Waals surface area contributed by atoms with Gasteiger partial charge in [-0.25, -0.2) is 0 Å². The molecule has 25 heavy (non-hydrogen) atoms. The van der Waals surface area contributed by atoms with Crippen LogP contribution in [0, 0.1) is 6.92 Å². The number of aromatic nitrogens is 2. The molecule has 0 spiro atoms. The summed E-state index contributed by atoms with van der Waals surface area (Å²) in [5.41, 5.74) is 1.74. The Balaban J connectivity index is 1.64. The zero-order chi connectivity index (χ0) is 17.8. The molecule has 132 valence electrons. The van der Waals surface area contributed by atoms with Crippen molar-refractivity contribution in [2.24, 2.45) is 0 Å². The first-order valence-corrected chi connectivity index (χ1v) is 8.56. The fourth-order valence-electron chi connectivity index (χ4n) is 3.04. The van der Waals surface area contributed by atoms with Gasteiger partial charge in [-0.05, 0) is 43.9 Å². The SMILES string of the molecule is CCc1cccc(NC(=O)C(=O)N2CCC[C@H](c3nc(C)no3)C2)c1. The third-order valence-electron chi connectivity index (χ3n) is 4.39. The highest BCUT2D eigenvalue weighted by Gasteiger charge is 2.31. The van der Waals surface area contributed by atoms with Crippen molar-refractivity contribution in [2.45, 2.75) is 39.0 Å². The van der Waals surface area contributed by atoms with Crippen LogP contribution < -0.4 is 5.32 Å². The molecule has 0 aliphatic carbocycles. The van der Waals surface area contributed by atoms with Crippen LogP contribution in [0.4, 0.5) is 5.69 Å². The average molecular weight is 342 g/mol. The van der Waals surface area contributed by atoms with E-state index >= 15 is 0 Å². The van der Waals surface area contributed by atoms with Crippen molar-refractivity contribution in [1.29, 1.82) is 0 Å². The van der Waals surface area contributed by atoms with Gasteiger partial charge in [0.2, 0.25) is 5.89 Å². The molecule has 0 bridgehead atoms. The molecule has 0 saturated carbocycles. The van der Waals surface area contributed by atoms with Crippen molar-refractivity contribution >= 4 is 17.5 Å². The molecule has 1 aromatic heterocycles. The van der Waals surface area contributed by atoms with Crippen molar-refractivity contribution in [3.05, 3.63) is 41.5 Å². The summed E-state index contributed by atoms with van der Waals surface area (Å²) in [4.78, 5) is 30.6. The number of likely N-dealkylation sites (tertiary alicyclic amines) is 1. The zero-order valence-corrected chi connectivity index (χ0v) is 14.5. The summed E-state index contributed by atoms with van der Waals surface area (Å²) >= 11 is 0. The normalized spacial score (nSPS) is 17.4. The van der Waals surface area contributed by atoms with Crippen LogP contribution >= 0.6 is 0 Å². The Labute approximate surface area is 146 Å². The fourth-order valence-corrected chi connectivity index (χ4v) is 3.04. The largest absolute Gasteiger partial charge is 0.339 e. The maximum atomic E-state index is 12.5. The number of amides is 2. The number of nitrogens with zero attached hydrogens (tertiary/aromatic N) is 3. The van der Waals surface area contributed by atoms with Gasteiger partial charge in [0.15, 0.2) is 5.82 Å². The van der Waals surface area contributed by atoms with E-state index in [4.69, 9.17) is 4.52 Å². The van der Waals surface area contributed by atoms with Crippen molar-refractivity contribution in [1.82, 2.24) is 15.0 Å². The molecule has 1 saturated heterocycles. The molecule has 1 fully saturated rings. The molecule has 2 heterocycles. The molecule has 2 aromatic rings. The first kappa shape index (κ1) is 17.1. The van der Waals surface area contributed by atoms with Crippen LogP contribution in [0.1, 0.15) is 43.0 Å². The van der Waals surface area contributed by atoms with Gasteiger partial charge in [-0.2, -0.15) is 4.98 Å². The van der Waals surface area contributed by atoms with E-state index in [1.165, 1.54) is 0 Å². The van der Waals surface area contributed by atoms with E-state index in [9.17, 15) is 9.59 Å². The van der Waals surface area contributed by atoms with Gasteiger partial charge in [-0.15, -0.1) is 0 Å². The van der Waals surface area contributed by atoms with Gasteiger partial charge in [-0.1, -0.05) is 24.2 Å². The number of benzene rings is 1. The minimum Gasteiger partial charge on any atom is -0.339 e. The molecule has 3 rings (SSSR count).